The molecule has 0 bridgehead atoms. The molecule has 1 saturated heterocycles. The maximum absolute atomic E-state index is 12.7. The molecule has 3 heterocycles. The highest BCUT2D eigenvalue weighted by Gasteiger charge is 2.58. The first-order chi connectivity index (χ1) is 15.6. The van der Waals surface area contributed by atoms with Crippen molar-refractivity contribution in [3.05, 3.63) is 105 Å². The molecule has 0 saturated carbocycles. The summed E-state index contributed by atoms with van der Waals surface area (Å²) in [6.45, 7) is 0. The maximum atomic E-state index is 12.7. The van der Waals surface area contributed by atoms with Crippen LogP contribution >= 0.6 is 27.7 Å². The number of halogens is 1. The van der Waals surface area contributed by atoms with Gasteiger partial charge in [0.1, 0.15) is 5.75 Å². The van der Waals surface area contributed by atoms with E-state index in [0.29, 0.717) is 0 Å². The molecule has 2 atom stereocenters. The second-order valence-corrected chi connectivity index (χ2v) is 9.77. The molecule has 3 aromatic rings. The van der Waals surface area contributed by atoms with E-state index in [0.717, 1.165) is 55.7 Å². The summed E-state index contributed by atoms with van der Waals surface area (Å²) < 4.78 is 7.55. The van der Waals surface area contributed by atoms with Gasteiger partial charge in [0.25, 0.3) is 5.24 Å². The Balaban J connectivity index is 1.51. The first-order valence-electron chi connectivity index (χ1n) is 10.3. The van der Waals surface area contributed by atoms with Crippen LogP contribution in [-0.4, -0.2) is 21.8 Å². The summed E-state index contributed by atoms with van der Waals surface area (Å²) in [5.41, 5.74) is 4.10. The lowest BCUT2D eigenvalue weighted by atomic mass is 9.95. The average molecular weight is 504 g/mol. The van der Waals surface area contributed by atoms with Gasteiger partial charge in [-0.3, -0.25) is 10.1 Å². The third-order valence-electron chi connectivity index (χ3n) is 5.85. The van der Waals surface area contributed by atoms with Crippen LogP contribution in [0.25, 0.3) is 6.08 Å². The van der Waals surface area contributed by atoms with Gasteiger partial charge >= 0.3 is 5.85 Å². The highest BCUT2D eigenvalue weighted by molar-refractivity contribution is 9.10. The summed E-state index contributed by atoms with van der Waals surface area (Å²) in [6, 6.07) is 26.1. The summed E-state index contributed by atoms with van der Waals surface area (Å²) in [4.78, 5) is 13.4. The van der Waals surface area contributed by atoms with Gasteiger partial charge in [-0.05, 0) is 47.2 Å². The van der Waals surface area contributed by atoms with Gasteiger partial charge in [0.15, 0.2) is 0 Å². The molecule has 7 heteroatoms. The van der Waals surface area contributed by atoms with Crippen LogP contribution in [0.3, 0.4) is 0 Å². The largest absolute Gasteiger partial charge is 0.444 e. The number of hydrogen-bond donors (Lipinski definition) is 1. The van der Waals surface area contributed by atoms with Crippen molar-refractivity contribution in [3.63, 3.8) is 0 Å². The van der Waals surface area contributed by atoms with Gasteiger partial charge in [-0.15, -0.1) is 0 Å². The highest BCUT2D eigenvalue weighted by atomic mass is 79.9. The van der Waals surface area contributed by atoms with Crippen molar-refractivity contribution in [2.24, 2.45) is 5.10 Å². The number of amides is 1. The second kappa shape index (κ2) is 7.53. The Bertz CT molecular complexity index is 1280. The van der Waals surface area contributed by atoms with Gasteiger partial charge in [-0.2, -0.15) is 5.10 Å². The fourth-order valence-corrected chi connectivity index (χ4v) is 5.55. The van der Waals surface area contributed by atoms with E-state index < -0.39 is 5.85 Å². The van der Waals surface area contributed by atoms with E-state index in [-0.39, 0.29) is 11.3 Å². The molecule has 1 spiro atoms. The van der Waals surface area contributed by atoms with Gasteiger partial charge in [-0.1, -0.05) is 76.6 Å². The van der Waals surface area contributed by atoms with E-state index in [2.05, 4.69) is 39.4 Å². The lowest BCUT2D eigenvalue weighted by molar-refractivity contribution is -0.0949. The van der Waals surface area contributed by atoms with Crippen LogP contribution in [0.5, 0.6) is 5.75 Å². The molecule has 32 heavy (non-hydrogen) atoms. The summed E-state index contributed by atoms with van der Waals surface area (Å²) in [7, 11) is 0. The van der Waals surface area contributed by atoms with Crippen LogP contribution in [0.2, 0.25) is 0 Å². The lowest BCUT2D eigenvalue weighted by Crippen LogP contribution is -2.61. The number of carbonyl (C=O) groups excluding carboxylic acids is 1. The molecule has 3 aliphatic rings. The lowest BCUT2D eigenvalue weighted by Gasteiger charge is -2.45. The third-order valence-corrected chi connectivity index (χ3v) is 7.28. The van der Waals surface area contributed by atoms with Crippen molar-refractivity contribution in [1.82, 2.24) is 10.3 Å². The molecule has 1 N–H and O–H groups in total. The standard InChI is InChI=1S/C25H18BrN3O2S/c26-18-12-10-16(11-13-18)14-23-25(27-24(30)32-23)29-21(19-8-4-5-9-22(19)31-25)15-20(28-29)17-6-2-1-3-7-17/h1-14,21H,15H2,(H,27,30). The number of para-hydroxylation sites is 1. The molecule has 6 rings (SSSR count). The minimum Gasteiger partial charge on any atom is -0.444 e. The first kappa shape index (κ1) is 19.6. The monoisotopic (exact) mass is 503 g/mol. The topological polar surface area (TPSA) is 53.9 Å². The molecular weight excluding hydrogens is 486 g/mol. The summed E-state index contributed by atoms with van der Waals surface area (Å²) >= 11 is 4.63. The number of nitrogens with zero attached hydrogens (tertiary/aromatic N) is 2. The van der Waals surface area contributed by atoms with E-state index in [1.54, 1.807) is 0 Å². The zero-order valence-corrected chi connectivity index (χ0v) is 19.3. The predicted molar refractivity (Wildman–Crippen MR) is 130 cm³/mol. The number of benzene rings is 3. The maximum Gasteiger partial charge on any atom is 0.314 e. The zero-order chi connectivity index (χ0) is 21.7. The van der Waals surface area contributed by atoms with Crippen molar-refractivity contribution in [2.75, 3.05) is 0 Å². The van der Waals surface area contributed by atoms with Gasteiger partial charge in [-0.25, -0.2) is 5.01 Å². The Morgan fingerprint density at radius 1 is 1.06 bits per heavy atom. The first-order valence-corrected chi connectivity index (χ1v) is 11.9. The number of fused-ring (bicyclic) bond motifs is 4. The molecule has 3 aliphatic heterocycles. The Morgan fingerprint density at radius 3 is 2.62 bits per heavy atom. The molecule has 2 unspecified atom stereocenters. The van der Waals surface area contributed by atoms with Gasteiger partial charge in [0.2, 0.25) is 0 Å². The van der Waals surface area contributed by atoms with Crippen molar-refractivity contribution in [3.8, 4) is 5.75 Å². The summed E-state index contributed by atoms with van der Waals surface area (Å²) in [5, 5.41) is 9.86. The van der Waals surface area contributed by atoms with Crippen LogP contribution in [0, 0.1) is 0 Å². The van der Waals surface area contributed by atoms with Crippen molar-refractivity contribution in [1.29, 1.82) is 0 Å². The normalized spacial score (nSPS) is 24.7. The molecule has 0 aromatic heterocycles. The molecule has 1 fully saturated rings. The number of hydrogen-bond acceptors (Lipinski definition) is 5. The van der Waals surface area contributed by atoms with E-state index >= 15 is 0 Å². The Morgan fingerprint density at radius 2 is 1.81 bits per heavy atom. The van der Waals surface area contributed by atoms with Crippen LogP contribution in [0.1, 0.15) is 29.2 Å². The molecule has 1 amide bonds. The van der Waals surface area contributed by atoms with Crippen LogP contribution in [0.15, 0.2) is 93.3 Å². The number of hydrazone groups is 1. The SMILES string of the molecule is O=C1NC2(Oc3ccccc3C3CC(c4ccccc4)=NN32)C(=Cc2ccc(Br)cc2)S1. The number of ether oxygens (including phenoxy) is 1. The van der Waals surface area contributed by atoms with Crippen LogP contribution in [-0.2, 0) is 0 Å². The number of carbonyl (C=O) groups is 1. The van der Waals surface area contributed by atoms with Crippen LogP contribution < -0.4 is 10.1 Å². The molecule has 0 radical (unpaired) electrons. The fraction of sp³-hybridized carbons (Fsp3) is 0.120. The van der Waals surface area contributed by atoms with Gasteiger partial charge in [0, 0.05) is 16.5 Å². The smallest absolute Gasteiger partial charge is 0.314 e. The third kappa shape index (κ3) is 3.15. The Labute approximate surface area is 198 Å². The van der Waals surface area contributed by atoms with E-state index in [1.807, 2.05) is 71.7 Å². The number of rotatable bonds is 2. The van der Waals surface area contributed by atoms with Gasteiger partial charge < -0.3 is 4.74 Å². The second-order valence-electron chi connectivity index (χ2n) is 7.84. The number of nitrogens with one attached hydrogen (secondary N) is 1. The fourth-order valence-electron chi connectivity index (χ4n) is 4.38. The Kier molecular flexibility index (Phi) is 4.62. The van der Waals surface area contributed by atoms with Crippen molar-refractivity contribution < 1.29 is 9.53 Å². The van der Waals surface area contributed by atoms with Crippen LogP contribution in [0.4, 0.5) is 4.79 Å². The minimum atomic E-state index is -1.18. The summed E-state index contributed by atoms with van der Waals surface area (Å²) in [6.07, 6.45) is 2.73. The van der Waals surface area contributed by atoms with Gasteiger partial charge in [0.05, 0.1) is 16.7 Å². The van der Waals surface area contributed by atoms with E-state index in [9.17, 15) is 4.79 Å². The minimum absolute atomic E-state index is 0.0394. The molecule has 5 nitrogen and oxygen atoms in total. The predicted octanol–water partition coefficient (Wildman–Crippen LogP) is 6.14. The summed E-state index contributed by atoms with van der Waals surface area (Å²) in [5.74, 6) is -0.410. The quantitative estimate of drug-likeness (QED) is 0.455. The molecular formula is C25H18BrN3O2S. The molecule has 0 aliphatic carbocycles. The highest BCUT2D eigenvalue weighted by Crippen LogP contribution is 2.52. The Hall–Kier alpha value is -3.03. The molecule has 3 aromatic carbocycles. The van der Waals surface area contributed by atoms with E-state index in [1.165, 1.54) is 0 Å². The zero-order valence-electron chi connectivity index (χ0n) is 16.9. The van der Waals surface area contributed by atoms with Crippen molar-refractivity contribution >= 4 is 44.7 Å². The number of thioether (sulfide) groups is 1. The molecule has 158 valence electrons. The average Bonchev–Trinajstić information content (AvgIpc) is 3.39. The van der Waals surface area contributed by atoms with Crippen molar-refractivity contribution in [2.45, 2.75) is 18.3 Å². The van der Waals surface area contributed by atoms with E-state index in [4.69, 9.17) is 9.84 Å².